The van der Waals surface area contributed by atoms with Crippen molar-refractivity contribution in [2.24, 2.45) is 0 Å². The highest BCUT2D eigenvalue weighted by Gasteiger charge is 2.05. The van der Waals surface area contributed by atoms with Crippen LogP contribution in [-0.4, -0.2) is 26.8 Å². The van der Waals surface area contributed by atoms with Gasteiger partial charge in [-0.05, 0) is 11.4 Å². The summed E-state index contributed by atoms with van der Waals surface area (Å²) in [6.07, 6.45) is 0.121. The van der Waals surface area contributed by atoms with Crippen molar-refractivity contribution < 1.29 is 9.90 Å². The minimum Gasteiger partial charge on any atom is -0.481 e. The Morgan fingerprint density at radius 2 is 2.41 bits per heavy atom. The van der Waals surface area contributed by atoms with Gasteiger partial charge in [-0.25, -0.2) is 4.98 Å². The van der Waals surface area contributed by atoms with Crippen LogP contribution in [0.2, 0.25) is 0 Å². The molecule has 5 nitrogen and oxygen atoms in total. The van der Waals surface area contributed by atoms with E-state index in [0.717, 1.165) is 0 Å². The average Bonchev–Trinajstić information content (AvgIpc) is 2.72. The summed E-state index contributed by atoms with van der Waals surface area (Å²) in [7, 11) is 0. The lowest BCUT2D eigenvalue weighted by Gasteiger charge is -2.00. The van der Waals surface area contributed by atoms with Gasteiger partial charge in [0, 0.05) is 5.75 Å². The highest BCUT2D eigenvalue weighted by Crippen LogP contribution is 2.15. The summed E-state index contributed by atoms with van der Waals surface area (Å²) < 4.78 is 0.629. The van der Waals surface area contributed by atoms with Crippen molar-refractivity contribution in [3.8, 4) is 0 Å². The Morgan fingerprint density at radius 3 is 3.18 bits per heavy atom. The standard InChI is InChI=1S/C10H10N2O3S2/c13-8(14)2-3-16-5-7-11-6-1-4-17-9(6)10(15)12-7/h1,4H,2-3,5H2,(H,13,14)(H,11,12,15). The first-order valence-electron chi connectivity index (χ1n) is 4.93. The normalized spacial score (nSPS) is 10.8. The first-order chi connectivity index (χ1) is 8.16. The van der Waals surface area contributed by atoms with Gasteiger partial charge in [-0.15, -0.1) is 11.3 Å². The molecule has 0 aliphatic rings. The van der Waals surface area contributed by atoms with E-state index in [0.29, 0.717) is 27.5 Å². The van der Waals surface area contributed by atoms with Crippen LogP contribution in [-0.2, 0) is 10.5 Å². The molecule has 17 heavy (non-hydrogen) atoms. The van der Waals surface area contributed by atoms with Gasteiger partial charge in [0.2, 0.25) is 0 Å². The predicted octanol–water partition coefficient (Wildman–Crippen LogP) is 1.69. The molecule has 0 amide bonds. The summed E-state index contributed by atoms with van der Waals surface area (Å²) >= 11 is 2.81. The number of aromatic nitrogens is 2. The molecule has 0 aliphatic heterocycles. The fourth-order valence-electron chi connectivity index (χ4n) is 1.32. The third kappa shape index (κ3) is 3.07. The summed E-state index contributed by atoms with van der Waals surface area (Å²) in [4.78, 5) is 28.9. The second-order valence-electron chi connectivity index (χ2n) is 3.34. The molecule has 0 unspecified atom stereocenters. The van der Waals surface area contributed by atoms with Crippen molar-refractivity contribution >= 4 is 39.3 Å². The molecule has 0 saturated heterocycles. The maximum atomic E-state index is 11.6. The SMILES string of the molecule is O=C(O)CCSCc1nc2ccsc2c(=O)[nH]1. The lowest BCUT2D eigenvalue weighted by atomic mass is 10.4. The largest absolute Gasteiger partial charge is 0.481 e. The third-order valence-corrected chi connectivity index (χ3v) is 3.94. The highest BCUT2D eigenvalue weighted by molar-refractivity contribution is 7.98. The molecule has 0 radical (unpaired) electrons. The monoisotopic (exact) mass is 270 g/mol. The van der Waals surface area contributed by atoms with Crippen LogP contribution in [0.25, 0.3) is 10.2 Å². The fraction of sp³-hybridized carbons (Fsp3) is 0.300. The minimum atomic E-state index is -0.813. The van der Waals surface area contributed by atoms with Crippen LogP contribution in [0, 0.1) is 0 Å². The molecule has 0 spiro atoms. The quantitative estimate of drug-likeness (QED) is 0.808. The highest BCUT2D eigenvalue weighted by atomic mass is 32.2. The van der Waals surface area contributed by atoms with Gasteiger partial charge in [-0.2, -0.15) is 11.8 Å². The first kappa shape index (κ1) is 12.1. The lowest BCUT2D eigenvalue weighted by molar-refractivity contribution is -0.136. The molecule has 0 aromatic carbocycles. The number of hydrogen-bond donors (Lipinski definition) is 2. The Bertz CT molecular complexity index is 590. The van der Waals surface area contributed by atoms with Crippen LogP contribution < -0.4 is 5.56 Å². The Labute approximate surface area is 105 Å². The van der Waals surface area contributed by atoms with Gasteiger partial charge in [0.25, 0.3) is 5.56 Å². The molecular weight excluding hydrogens is 260 g/mol. The van der Waals surface area contributed by atoms with Crippen molar-refractivity contribution in [2.75, 3.05) is 5.75 Å². The molecular formula is C10H10N2O3S2. The van der Waals surface area contributed by atoms with Crippen LogP contribution in [0.5, 0.6) is 0 Å². The molecule has 0 atom stereocenters. The van der Waals surface area contributed by atoms with Gasteiger partial charge >= 0.3 is 5.97 Å². The van der Waals surface area contributed by atoms with E-state index < -0.39 is 5.97 Å². The fourth-order valence-corrected chi connectivity index (χ4v) is 2.84. The Hall–Kier alpha value is -1.34. The maximum Gasteiger partial charge on any atom is 0.304 e. The summed E-state index contributed by atoms with van der Waals surface area (Å²) in [6.45, 7) is 0. The molecule has 0 saturated carbocycles. The second kappa shape index (κ2) is 5.33. The van der Waals surface area contributed by atoms with Gasteiger partial charge in [0.05, 0.1) is 17.7 Å². The van der Waals surface area contributed by atoms with E-state index in [-0.39, 0.29) is 12.0 Å². The van der Waals surface area contributed by atoms with E-state index in [4.69, 9.17) is 5.11 Å². The van der Waals surface area contributed by atoms with Gasteiger partial charge < -0.3 is 10.1 Å². The van der Waals surface area contributed by atoms with E-state index in [9.17, 15) is 9.59 Å². The number of nitrogens with one attached hydrogen (secondary N) is 1. The van der Waals surface area contributed by atoms with E-state index in [1.807, 2.05) is 5.38 Å². The summed E-state index contributed by atoms with van der Waals surface area (Å²) in [5.74, 6) is 0.818. The van der Waals surface area contributed by atoms with Crippen molar-refractivity contribution in [1.82, 2.24) is 9.97 Å². The average molecular weight is 270 g/mol. The minimum absolute atomic E-state index is 0.121. The number of carbonyl (C=O) groups is 1. The number of H-pyrrole nitrogens is 1. The van der Waals surface area contributed by atoms with E-state index >= 15 is 0 Å². The van der Waals surface area contributed by atoms with Crippen LogP contribution in [0.1, 0.15) is 12.2 Å². The number of carboxylic acids is 1. The number of aliphatic carboxylic acids is 1. The molecule has 2 heterocycles. The molecule has 0 bridgehead atoms. The second-order valence-corrected chi connectivity index (χ2v) is 5.37. The number of aromatic amines is 1. The zero-order chi connectivity index (χ0) is 12.3. The number of fused-ring (bicyclic) bond motifs is 1. The number of carboxylic acid groups (broad SMARTS) is 1. The number of rotatable bonds is 5. The Kier molecular flexibility index (Phi) is 3.80. The maximum absolute atomic E-state index is 11.6. The molecule has 2 N–H and O–H groups in total. The third-order valence-electron chi connectivity index (χ3n) is 2.06. The molecule has 90 valence electrons. The molecule has 2 aromatic heterocycles. The number of hydrogen-bond acceptors (Lipinski definition) is 5. The summed E-state index contributed by atoms with van der Waals surface area (Å²) in [5.41, 5.74) is 0.575. The zero-order valence-corrected chi connectivity index (χ0v) is 10.4. The van der Waals surface area contributed by atoms with Crippen LogP contribution in [0.15, 0.2) is 16.2 Å². The zero-order valence-electron chi connectivity index (χ0n) is 8.80. The topological polar surface area (TPSA) is 83.0 Å². The number of thioether (sulfide) groups is 1. The summed E-state index contributed by atoms with van der Waals surface area (Å²) in [5, 5.41) is 10.3. The van der Waals surface area contributed by atoms with Crippen LogP contribution in [0.4, 0.5) is 0 Å². The molecule has 0 fully saturated rings. The smallest absolute Gasteiger partial charge is 0.304 e. The van der Waals surface area contributed by atoms with E-state index in [2.05, 4.69) is 9.97 Å². The van der Waals surface area contributed by atoms with Gasteiger partial charge in [-0.3, -0.25) is 9.59 Å². The van der Waals surface area contributed by atoms with Gasteiger partial charge in [0.1, 0.15) is 10.5 Å². The molecule has 2 aromatic rings. The van der Waals surface area contributed by atoms with Crippen LogP contribution in [0.3, 0.4) is 0 Å². The Balaban J connectivity index is 2.04. The molecule has 2 rings (SSSR count). The Morgan fingerprint density at radius 1 is 1.59 bits per heavy atom. The van der Waals surface area contributed by atoms with E-state index in [1.54, 1.807) is 6.07 Å². The van der Waals surface area contributed by atoms with Crippen LogP contribution >= 0.6 is 23.1 Å². The number of nitrogens with zero attached hydrogens (tertiary/aromatic N) is 1. The molecule has 7 heteroatoms. The molecule has 0 aliphatic carbocycles. The summed E-state index contributed by atoms with van der Waals surface area (Å²) in [6, 6.07) is 1.81. The lowest BCUT2D eigenvalue weighted by Crippen LogP contribution is -2.09. The van der Waals surface area contributed by atoms with Gasteiger partial charge in [0.15, 0.2) is 0 Å². The first-order valence-corrected chi connectivity index (χ1v) is 6.96. The number of thiophene rings is 1. The van der Waals surface area contributed by atoms with Crippen molar-refractivity contribution in [3.63, 3.8) is 0 Å². The van der Waals surface area contributed by atoms with E-state index in [1.165, 1.54) is 23.1 Å². The van der Waals surface area contributed by atoms with Crippen molar-refractivity contribution in [1.29, 1.82) is 0 Å². The van der Waals surface area contributed by atoms with Crippen molar-refractivity contribution in [3.05, 3.63) is 27.6 Å². The van der Waals surface area contributed by atoms with Crippen molar-refractivity contribution in [2.45, 2.75) is 12.2 Å². The predicted molar refractivity (Wildman–Crippen MR) is 68.7 cm³/mol. The van der Waals surface area contributed by atoms with Gasteiger partial charge in [-0.1, -0.05) is 0 Å².